The van der Waals surface area contributed by atoms with Crippen molar-refractivity contribution < 1.29 is 111 Å². The number of unbranched alkanes of at least 4 members (excludes halogenated alkanes) is 2. The maximum absolute atomic E-state index is 13.7. The largest absolute Gasteiger partial charge is 0.458 e. The van der Waals surface area contributed by atoms with Gasteiger partial charge in [0.1, 0.15) is 12.2 Å². The lowest BCUT2D eigenvalue weighted by Gasteiger charge is -2.50. The van der Waals surface area contributed by atoms with Crippen molar-refractivity contribution in [1.82, 2.24) is 4.90 Å². The van der Waals surface area contributed by atoms with Crippen molar-refractivity contribution in [1.29, 1.82) is 0 Å². The molecule has 3 rings (SSSR count). The first-order valence-electron chi connectivity index (χ1n) is 35.2. The Balaban J connectivity index is 1.85. The average Bonchev–Trinajstić information content (AvgIpc) is 0.773. The summed E-state index contributed by atoms with van der Waals surface area (Å²) in [6.45, 7) is 17.1. The normalized spacial score (nSPS) is 45.1. The van der Waals surface area contributed by atoms with Gasteiger partial charge in [0.15, 0.2) is 12.1 Å². The Bertz CT molecular complexity index is 2220. The Morgan fingerprint density at radius 3 is 1.80 bits per heavy atom. The van der Waals surface area contributed by atoms with Gasteiger partial charge in [-0.25, -0.2) is 0 Å². The van der Waals surface area contributed by atoms with Gasteiger partial charge in [-0.2, -0.15) is 0 Å². The molecule has 3 aliphatic heterocycles. The van der Waals surface area contributed by atoms with Crippen LogP contribution in [0.3, 0.4) is 0 Å². The molecule has 3 heterocycles. The smallest absolute Gasteiger partial charge is 0.311 e. The Labute approximate surface area is 560 Å². The molecule has 3 aliphatic rings. The summed E-state index contributed by atoms with van der Waals surface area (Å²) in [5, 5.41) is 190. The predicted molar refractivity (Wildman–Crippen MR) is 356 cm³/mol. The van der Waals surface area contributed by atoms with Crippen molar-refractivity contribution in [2.45, 2.75) is 344 Å². The zero-order valence-electron chi connectivity index (χ0n) is 58.6. The zero-order valence-corrected chi connectivity index (χ0v) is 58.6. The highest BCUT2D eigenvalue weighted by molar-refractivity contribution is 5.71. The third kappa shape index (κ3) is 28.7. The number of allylic oxidation sites excluding steroid dienone is 2. The van der Waals surface area contributed by atoms with Crippen LogP contribution < -0.4 is 0 Å². The Morgan fingerprint density at radius 1 is 0.596 bits per heavy atom. The van der Waals surface area contributed by atoms with Gasteiger partial charge >= 0.3 is 5.97 Å². The molecule has 29 atom stereocenters. The summed E-state index contributed by atoms with van der Waals surface area (Å²) in [5.74, 6) is -6.87. The zero-order chi connectivity index (χ0) is 70.9. The molecule has 2 bridgehead atoms. The van der Waals surface area contributed by atoms with Crippen molar-refractivity contribution in [3.63, 3.8) is 0 Å². The van der Waals surface area contributed by atoms with Crippen LogP contribution in [0.15, 0.2) is 47.6 Å². The maximum atomic E-state index is 13.7. The van der Waals surface area contributed by atoms with Crippen LogP contribution >= 0.6 is 0 Å². The molecular formula is C71H129NO22. The highest BCUT2D eigenvalue weighted by atomic mass is 16.7. The summed E-state index contributed by atoms with van der Waals surface area (Å²) >= 11 is 0. The van der Waals surface area contributed by atoms with Gasteiger partial charge < -0.3 is 111 Å². The number of hydrogen-bond donors (Lipinski definition) is 17. The number of esters is 1. The summed E-state index contributed by atoms with van der Waals surface area (Å²) in [6, 6.07) is -0.781. The van der Waals surface area contributed by atoms with Gasteiger partial charge in [-0.15, -0.1) is 0 Å². The number of fused-ring (bicyclic) bond motifs is 2. The second kappa shape index (κ2) is 42.6. The molecule has 0 aromatic carbocycles. The van der Waals surface area contributed by atoms with Gasteiger partial charge in [-0.1, -0.05) is 91.2 Å². The molecule has 5 unspecified atom stereocenters. The number of likely N-dealkylation sites (N-methyl/N-ethyl adjacent to an activating group) is 1. The third-order valence-corrected chi connectivity index (χ3v) is 20.5. The Hall–Kier alpha value is -2.41. The highest BCUT2D eigenvalue weighted by Gasteiger charge is 2.53. The number of carbonyl (C=O) groups is 1. The number of rotatable bonds is 7. The van der Waals surface area contributed by atoms with Gasteiger partial charge in [0.2, 0.25) is 0 Å². The van der Waals surface area contributed by atoms with Crippen LogP contribution in [-0.2, 0) is 23.7 Å². The maximum Gasteiger partial charge on any atom is 0.311 e. The number of hydrogen-bond acceptors (Lipinski definition) is 23. The van der Waals surface area contributed by atoms with Crippen molar-refractivity contribution >= 4 is 5.97 Å². The second-order valence-corrected chi connectivity index (χ2v) is 28.8. The Kier molecular flexibility index (Phi) is 38.9. The SMILES string of the molecule is CCCCCC1/C=C(\C)[C@@H](O)C[C@H](O)CCC[C@H](O)[C@@H](C)[C@H](O)C/C=C/C=C(\C)[C@@H](O)[C@H](C)[C@@H]2C[C@H](OC3O[C@H](C)[C@@H](O)[C@H](N(C)C)[C@H]3O)[C@@H](C)C(O)(CC(=O)OC(C)/C=C/[C@@H](O)C[C@@H](O)CCC[C@H](O)[C@@H](C)[C@H](O)CC[C@H](C)[C@H](O)C[C@@H](O)C[C@H](O)CCC(O)[C@@H]1O)O2. The molecule has 94 heavy (non-hydrogen) atoms. The van der Waals surface area contributed by atoms with Crippen molar-refractivity contribution in [2.75, 3.05) is 14.1 Å². The molecule has 0 saturated carbocycles. The fourth-order valence-corrected chi connectivity index (χ4v) is 13.3. The number of aliphatic hydroxyl groups is 17. The van der Waals surface area contributed by atoms with E-state index in [-0.39, 0.29) is 89.4 Å². The van der Waals surface area contributed by atoms with Crippen LogP contribution in [0.5, 0.6) is 0 Å². The van der Waals surface area contributed by atoms with E-state index in [9.17, 15) is 91.6 Å². The van der Waals surface area contributed by atoms with Gasteiger partial charge in [0.25, 0.3) is 0 Å². The molecular weight excluding hydrogens is 1220 g/mol. The van der Waals surface area contributed by atoms with Crippen molar-refractivity contribution in [3.8, 4) is 0 Å². The summed E-state index contributed by atoms with van der Waals surface area (Å²) in [7, 11) is 3.40. The predicted octanol–water partition coefficient (Wildman–Crippen LogP) is 3.87. The van der Waals surface area contributed by atoms with Gasteiger partial charge in [0, 0.05) is 48.9 Å². The first kappa shape index (κ1) is 85.8. The minimum atomic E-state index is -2.26. The van der Waals surface area contributed by atoms with Gasteiger partial charge in [-0.3, -0.25) is 4.79 Å². The Morgan fingerprint density at radius 2 is 1.18 bits per heavy atom. The van der Waals surface area contributed by atoms with E-state index in [1.165, 1.54) is 12.2 Å². The molecule has 23 heteroatoms. The highest BCUT2D eigenvalue weighted by Crippen LogP contribution is 2.42. The first-order valence-corrected chi connectivity index (χ1v) is 35.2. The van der Waals surface area contributed by atoms with Gasteiger partial charge in [0.05, 0.1) is 122 Å². The molecule has 550 valence electrons. The topological polar surface area (TPSA) is 401 Å². The fourth-order valence-electron chi connectivity index (χ4n) is 13.3. The standard InChI is InChI=1S/C71H129NO22/c1-13-14-15-21-49-33-42(4)61(84)36-51(74)23-19-26-56(79)44(6)55(78)24-17-16-20-41(3)66(86)46(8)62-38-63(93-70-69(89)65(72(11)12)67(87)48(10)92-70)47(9)71(90,94-62)39-64(85)91-43(5)28-29-52(75)34-50(73)22-18-25-57(80)45(7)58(81)31-27-40(2)60(83)37-54(77)35-53(76)30-32-59(82)68(49)88/h16-17,20,28-29,33,40,43-63,65-70,73-84,86-90H,13-15,18-19,21-27,30-32,34-39H2,1-12H3/b17-16+,29-28+,41-20+,42-33+/t40-,43?,44-,45+,46+,47+,48+,49?,50-,51+,52+,53+,54-,55+,56-,57-,58+,59?,60+,61-,62-,63-,65-,66+,67+,68+,69+,70?,71?/m0/s1. The summed E-state index contributed by atoms with van der Waals surface area (Å²) in [5.41, 5.74) is 0.997. The van der Waals surface area contributed by atoms with E-state index < -0.39 is 182 Å². The molecule has 0 aliphatic carbocycles. The van der Waals surface area contributed by atoms with Crippen LogP contribution in [-0.4, -0.2) is 252 Å². The first-order chi connectivity index (χ1) is 44.0. The molecule has 0 amide bonds. The summed E-state index contributed by atoms with van der Waals surface area (Å²) in [6.07, 6.45) is -7.62. The third-order valence-electron chi connectivity index (χ3n) is 20.5. The van der Waals surface area contributed by atoms with E-state index >= 15 is 0 Å². The number of cyclic esters (lactones) is 1. The van der Waals surface area contributed by atoms with Crippen LogP contribution in [0, 0.1) is 35.5 Å². The van der Waals surface area contributed by atoms with Crippen molar-refractivity contribution in [2.24, 2.45) is 35.5 Å². The van der Waals surface area contributed by atoms with E-state index in [1.807, 2.05) is 6.92 Å². The van der Waals surface area contributed by atoms with Crippen LogP contribution in [0.2, 0.25) is 0 Å². The second-order valence-electron chi connectivity index (χ2n) is 28.8. The number of ether oxygens (including phenoxy) is 4. The molecule has 0 aromatic rings. The number of aliphatic hydroxyl groups excluding tert-OH is 16. The van der Waals surface area contributed by atoms with E-state index in [4.69, 9.17) is 18.9 Å². The minimum absolute atomic E-state index is 0.0112. The van der Waals surface area contributed by atoms with Crippen molar-refractivity contribution in [3.05, 3.63) is 47.6 Å². The average molecular weight is 1350 g/mol. The molecule has 0 radical (unpaired) electrons. The molecule has 2 fully saturated rings. The molecule has 0 spiro atoms. The molecule has 17 N–H and O–H groups in total. The lowest BCUT2D eigenvalue weighted by atomic mass is 9.80. The van der Waals surface area contributed by atoms with E-state index in [1.54, 1.807) is 106 Å². The summed E-state index contributed by atoms with van der Waals surface area (Å²) < 4.78 is 24.5. The minimum Gasteiger partial charge on any atom is -0.458 e. The van der Waals surface area contributed by atoms with E-state index in [0.717, 1.165) is 19.3 Å². The van der Waals surface area contributed by atoms with E-state index in [0.29, 0.717) is 36.8 Å². The fraction of sp³-hybridized carbons (Fsp3) is 0.873. The van der Waals surface area contributed by atoms with Crippen LogP contribution in [0.25, 0.3) is 0 Å². The molecule has 2 saturated heterocycles. The molecule has 0 aromatic heterocycles. The number of carbonyl (C=O) groups excluding carboxylic acids is 1. The lowest BCUT2D eigenvalue weighted by Crippen LogP contribution is -2.64. The summed E-state index contributed by atoms with van der Waals surface area (Å²) in [4.78, 5) is 15.4. The van der Waals surface area contributed by atoms with Crippen LogP contribution in [0.1, 0.15) is 204 Å². The number of nitrogens with zero attached hydrogens (tertiary/aromatic N) is 1. The van der Waals surface area contributed by atoms with Gasteiger partial charge in [-0.05, 0) is 155 Å². The lowest BCUT2D eigenvalue weighted by molar-refractivity contribution is -0.351. The monoisotopic (exact) mass is 1350 g/mol. The van der Waals surface area contributed by atoms with Crippen LogP contribution in [0.4, 0.5) is 0 Å². The van der Waals surface area contributed by atoms with E-state index in [2.05, 4.69) is 0 Å². The quantitative estimate of drug-likeness (QED) is 0.0977. The molecule has 23 nitrogen and oxygen atoms in total.